The van der Waals surface area contributed by atoms with Crippen molar-refractivity contribution in [2.24, 2.45) is 5.92 Å². The third-order valence-corrected chi connectivity index (χ3v) is 3.85. The molecule has 0 aromatic heterocycles. The second kappa shape index (κ2) is 9.67. The molecule has 0 radical (unpaired) electrons. The predicted molar refractivity (Wildman–Crippen MR) is 76.3 cm³/mol. The molecule has 0 aromatic rings. The summed E-state index contributed by atoms with van der Waals surface area (Å²) in [6.07, 6.45) is 9.40. The molecule has 0 amide bonds. The van der Waals surface area contributed by atoms with E-state index in [1.165, 1.54) is 12.8 Å². The number of carbonyl (C=O) groups is 3. The molecule has 1 saturated carbocycles. The Bertz CT molecular complexity index is 335. The SMILES string of the molecule is CCOC(=O)C(=O)[C@@H]1CCCCCCCCCCC1=O. The monoisotopic (exact) mass is 282 g/mol. The van der Waals surface area contributed by atoms with E-state index in [1.54, 1.807) is 6.92 Å². The molecular weight excluding hydrogens is 256 g/mol. The Morgan fingerprint density at radius 3 is 2.15 bits per heavy atom. The third-order valence-electron chi connectivity index (χ3n) is 3.85. The van der Waals surface area contributed by atoms with E-state index >= 15 is 0 Å². The van der Waals surface area contributed by atoms with Crippen LogP contribution in [0.2, 0.25) is 0 Å². The maximum atomic E-state index is 12.2. The molecule has 1 aliphatic rings. The highest BCUT2D eigenvalue weighted by Gasteiger charge is 2.31. The zero-order chi connectivity index (χ0) is 14.8. The van der Waals surface area contributed by atoms with Crippen molar-refractivity contribution in [3.63, 3.8) is 0 Å². The Morgan fingerprint density at radius 1 is 1.00 bits per heavy atom. The fraction of sp³-hybridized carbons (Fsp3) is 0.812. The number of rotatable bonds is 3. The van der Waals surface area contributed by atoms with Crippen LogP contribution in [-0.4, -0.2) is 24.1 Å². The predicted octanol–water partition coefficient (Wildman–Crippen LogP) is 3.22. The van der Waals surface area contributed by atoms with E-state index in [2.05, 4.69) is 0 Å². The summed E-state index contributed by atoms with van der Waals surface area (Å²) < 4.78 is 4.74. The Balaban J connectivity index is 2.63. The van der Waals surface area contributed by atoms with Crippen molar-refractivity contribution in [3.05, 3.63) is 0 Å². The minimum absolute atomic E-state index is 0.0800. The first-order chi connectivity index (χ1) is 9.66. The molecule has 20 heavy (non-hydrogen) atoms. The van der Waals surface area contributed by atoms with Gasteiger partial charge in [0.25, 0.3) is 0 Å². The highest BCUT2D eigenvalue weighted by molar-refractivity contribution is 6.38. The Kier molecular flexibility index (Phi) is 8.16. The number of hydrogen-bond donors (Lipinski definition) is 0. The summed E-state index contributed by atoms with van der Waals surface area (Å²) in [4.78, 5) is 35.7. The van der Waals surface area contributed by atoms with Gasteiger partial charge in [-0.3, -0.25) is 9.59 Å². The summed E-state index contributed by atoms with van der Waals surface area (Å²) in [7, 11) is 0. The fourth-order valence-electron chi connectivity index (χ4n) is 2.67. The topological polar surface area (TPSA) is 60.4 Å². The molecule has 0 aromatic carbocycles. The van der Waals surface area contributed by atoms with Crippen LogP contribution in [0.15, 0.2) is 0 Å². The smallest absolute Gasteiger partial charge is 0.375 e. The van der Waals surface area contributed by atoms with Crippen LogP contribution in [0, 0.1) is 5.92 Å². The van der Waals surface area contributed by atoms with Crippen molar-refractivity contribution in [1.29, 1.82) is 0 Å². The quantitative estimate of drug-likeness (QED) is 0.453. The lowest BCUT2D eigenvalue weighted by Gasteiger charge is -2.15. The van der Waals surface area contributed by atoms with E-state index < -0.39 is 17.7 Å². The number of carbonyl (C=O) groups excluding carboxylic acids is 3. The molecule has 0 N–H and O–H groups in total. The van der Waals surface area contributed by atoms with Crippen molar-refractivity contribution in [3.8, 4) is 0 Å². The summed E-state index contributed by atoms with van der Waals surface area (Å²) >= 11 is 0. The van der Waals surface area contributed by atoms with Crippen molar-refractivity contribution in [2.75, 3.05) is 6.61 Å². The van der Waals surface area contributed by atoms with Crippen LogP contribution in [0.25, 0.3) is 0 Å². The van der Waals surface area contributed by atoms with Gasteiger partial charge in [-0.2, -0.15) is 0 Å². The Morgan fingerprint density at radius 2 is 1.55 bits per heavy atom. The third kappa shape index (κ3) is 5.85. The lowest BCUT2D eigenvalue weighted by atomic mass is 9.88. The first kappa shape index (κ1) is 16.9. The average molecular weight is 282 g/mol. The molecule has 1 atom stereocenters. The van der Waals surface area contributed by atoms with Crippen molar-refractivity contribution in [2.45, 2.75) is 71.1 Å². The van der Waals surface area contributed by atoms with Crippen LogP contribution >= 0.6 is 0 Å². The Hall–Kier alpha value is -1.19. The number of ketones is 2. The highest BCUT2D eigenvalue weighted by Crippen LogP contribution is 2.20. The normalized spacial score (nSPS) is 22.4. The second-order valence-corrected chi connectivity index (χ2v) is 5.47. The zero-order valence-electron chi connectivity index (χ0n) is 12.5. The van der Waals surface area contributed by atoms with Gasteiger partial charge in [0.05, 0.1) is 12.5 Å². The van der Waals surface area contributed by atoms with Crippen LogP contribution in [-0.2, 0) is 19.1 Å². The highest BCUT2D eigenvalue weighted by atomic mass is 16.5. The Labute approximate surface area is 121 Å². The van der Waals surface area contributed by atoms with Crippen LogP contribution < -0.4 is 0 Å². The molecule has 0 bridgehead atoms. The standard InChI is InChI=1S/C16H26O4/c1-2-20-16(19)15(18)13-11-9-7-5-3-4-6-8-10-12-14(13)17/h13H,2-12H2,1H3/t13-/m1/s1. The van der Waals surface area contributed by atoms with Gasteiger partial charge in [0.2, 0.25) is 5.78 Å². The van der Waals surface area contributed by atoms with E-state index in [-0.39, 0.29) is 12.4 Å². The van der Waals surface area contributed by atoms with E-state index in [9.17, 15) is 14.4 Å². The van der Waals surface area contributed by atoms with Crippen LogP contribution in [0.4, 0.5) is 0 Å². The second-order valence-electron chi connectivity index (χ2n) is 5.47. The first-order valence-corrected chi connectivity index (χ1v) is 7.90. The lowest BCUT2D eigenvalue weighted by molar-refractivity contribution is -0.157. The molecule has 114 valence electrons. The van der Waals surface area contributed by atoms with Crippen LogP contribution in [0.1, 0.15) is 71.1 Å². The summed E-state index contributed by atoms with van der Waals surface area (Å²) in [5, 5.41) is 0. The summed E-state index contributed by atoms with van der Waals surface area (Å²) in [6.45, 7) is 1.83. The largest absolute Gasteiger partial charge is 0.460 e. The molecular formula is C16H26O4. The molecule has 0 spiro atoms. The molecule has 1 rings (SSSR count). The number of esters is 1. The van der Waals surface area contributed by atoms with E-state index in [0.717, 1.165) is 38.5 Å². The van der Waals surface area contributed by atoms with Crippen molar-refractivity contribution >= 4 is 17.5 Å². The molecule has 4 nitrogen and oxygen atoms in total. The van der Waals surface area contributed by atoms with E-state index in [0.29, 0.717) is 12.8 Å². The van der Waals surface area contributed by atoms with Crippen LogP contribution in [0.3, 0.4) is 0 Å². The van der Waals surface area contributed by atoms with E-state index in [1.807, 2.05) is 0 Å². The van der Waals surface area contributed by atoms with Gasteiger partial charge in [-0.05, 0) is 19.8 Å². The number of ether oxygens (including phenoxy) is 1. The van der Waals surface area contributed by atoms with Gasteiger partial charge in [0, 0.05) is 6.42 Å². The fourth-order valence-corrected chi connectivity index (χ4v) is 2.67. The average Bonchev–Trinajstić information content (AvgIpc) is 2.42. The van der Waals surface area contributed by atoms with Gasteiger partial charge in [0.15, 0.2) is 0 Å². The minimum Gasteiger partial charge on any atom is -0.460 e. The molecule has 1 aliphatic carbocycles. The molecule has 0 unspecified atom stereocenters. The molecule has 0 heterocycles. The number of Topliss-reactive ketones (excluding diaryl/α,β-unsaturated/α-hetero) is 2. The van der Waals surface area contributed by atoms with Gasteiger partial charge in [-0.1, -0.05) is 44.9 Å². The van der Waals surface area contributed by atoms with Gasteiger partial charge in [-0.25, -0.2) is 4.79 Å². The lowest BCUT2D eigenvalue weighted by Crippen LogP contribution is -2.31. The minimum atomic E-state index is -0.849. The summed E-state index contributed by atoms with van der Waals surface area (Å²) in [5.41, 5.74) is 0. The molecule has 1 fully saturated rings. The van der Waals surface area contributed by atoms with Crippen LogP contribution in [0.5, 0.6) is 0 Å². The van der Waals surface area contributed by atoms with Crippen molar-refractivity contribution < 1.29 is 19.1 Å². The maximum Gasteiger partial charge on any atom is 0.375 e. The number of hydrogen-bond acceptors (Lipinski definition) is 4. The van der Waals surface area contributed by atoms with Gasteiger partial charge < -0.3 is 4.74 Å². The summed E-state index contributed by atoms with van der Waals surface area (Å²) in [6, 6.07) is 0. The molecule has 0 aliphatic heterocycles. The van der Waals surface area contributed by atoms with Gasteiger partial charge in [0.1, 0.15) is 5.78 Å². The molecule has 0 saturated heterocycles. The first-order valence-electron chi connectivity index (χ1n) is 7.90. The zero-order valence-corrected chi connectivity index (χ0v) is 12.5. The van der Waals surface area contributed by atoms with E-state index in [4.69, 9.17) is 4.74 Å². The van der Waals surface area contributed by atoms with Gasteiger partial charge in [-0.15, -0.1) is 0 Å². The molecule has 4 heteroatoms. The van der Waals surface area contributed by atoms with Gasteiger partial charge >= 0.3 is 5.97 Å². The van der Waals surface area contributed by atoms with Crippen molar-refractivity contribution in [1.82, 2.24) is 0 Å². The maximum absolute atomic E-state index is 12.2. The summed E-state index contributed by atoms with van der Waals surface area (Å²) in [5.74, 6) is -2.34.